The average Bonchev–Trinajstić information content (AvgIpc) is 2.69. The Kier molecular flexibility index (Phi) is 9.25. The molecule has 0 spiro atoms. The van der Waals surface area contributed by atoms with E-state index in [-0.39, 0.29) is 18.5 Å². The first-order valence-electron chi connectivity index (χ1n) is 10.7. The van der Waals surface area contributed by atoms with Crippen LogP contribution < -0.4 is 20.7 Å². The second-order valence-electron chi connectivity index (χ2n) is 8.13. The Morgan fingerprint density at radius 2 is 1.79 bits per heavy atom. The number of hydrogen-bond donors (Lipinski definition) is 3. The second-order valence-corrected chi connectivity index (χ2v) is 8.13. The highest BCUT2D eigenvalue weighted by molar-refractivity contribution is 5.89. The number of ether oxygens (including phenoxy) is 1. The van der Waals surface area contributed by atoms with Crippen LogP contribution in [0.15, 0.2) is 24.3 Å². The Morgan fingerprint density at radius 1 is 1.14 bits per heavy atom. The van der Waals surface area contributed by atoms with Crippen LogP contribution in [-0.2, 0) is 4.79 Å². The van der Waals surface area contributed by atoms with E-state index >= 15 is 0 Å². The zero-order valence-electron chi connectivity index (χ0n) is 18.2. The van der Waals surface area contributed by atoms with Crippen molar-refractivity contribution in [1.29, 1.82) is 0 Å². The van der Waals surface area contributed by atoms with Crippen LogP contribution in [0.2, 0.25) is 0 Å². The maximum absolute atomic E-state index is 12.3. The summed E-state index contributed by atoms with van der Waals surface area (Å²) >= 11 is 0. The van der Waals surface area contributed by atoms with Gasteiger partial charge < -0.3 is 20.7 Å². The molecule has 0 bridgehead atoms. The SMILES string of the molecule is CCNC(=O)COc1ccc(NC(=O)NCC(C(C)C)N2CCC(C)CC2)cc1. The Morgan fingerprint density at radius 3 is 2.38 bits per heavy atom. The van der Waals surface area contributed by atoms with Crippen LogP contribution in [0.4, 0.5) is 10.5 Å². The Bertz CT molecular complexity index is 640. The van der Waals surface area contributed by atoms with Crippen molar-refractivity contribution in [2.75, 3.05) is 38.1 Å². The number of hydrogen-bond acceptors (Lipinski definition) is 4. The van der Waals surface area contributed by atoms with Gasteiger partial charge in [0.1, 0.15) is 5.75 Å². The Hall–Kier alpha value is -2.28. The first-order valence-corrected chi connectivity index (χ1v) is 10.7. The van der Waals surface area contributed by atoms with Crippen molar-refractivity contribution < 1.29 is 14.3 Å². The van der Waals surface area contributed by atoms with Crippen LogP contribution in [0.1, 0.15) is 40.5 Å². The van der Waals surface area contributed by atoms with Crippen molar-refractivity contribution in [3.05, 3.63) is 24.3 Å². The summed E-state index contributed by atoms with van der Waals surface area (Å²) in [6.45, 7) is 12.0. The zero-order valence-corrected chi connectivity index (χ0v) is 18.2. The van der Waals surface area contributed by atoms with Gasteiger partial charge >= 0.3 is 6.03 Å². The van der Waals surface area contributed by atoms with E-state index in [1.165, 1.54) is 12.8 Å². The summed E-state index contributed by atoms with van der Waals surface area (Å²) in [5.74, 6) is 1.70. The summed E-state index contributed by atoms with van der Waals surface area (Å²) in [6.07, 6.45) is 2.45. The molecule has 1 unspecified atom stereocenters. The van der Waals surface area contributed by atoms with Crippen molar-refractivity contribution in [2.24, 2.45) is 11.8 Å². The topological polar surface area (TPSA) is 82.7 Å². The lowest BCUT2D eigenvalue weighted by Gasteiger charge is -2.38. The minimum Gasteiger partial charge on any atom is -0.484 e. The third-order valence-electron chi connectivity index (χ3n) is 5.38. The number of piperidine rings is 1. The molecule has 3 amide bonds. The number of carbonyl (C=O) groups is 2. The lowest BCUT2D eigenvalue weighted by atomic mass is 9.94. The van der Waals surface area contributed by atoms with Crippen LogP contribution in [0.5, 0.6) is 5.75 Å². The first kappa shape index (κ1) is 23.0. The second kappa shape index (κ2) is 11.7. The smallest absolute Gasteiger partial charge is 0.319 e. The molecule has 1 aromatic carbocycles. The molecule has 1 saturated heterocycles. The fourth-order valence-corrected chi connectivity index (χ4v) is 3.55. The number of anilines is 1. The van der Waals surface area contributed by atoms with Crippen LogP contribution in [0.3, 0.4) is 0 Å². The van der Waals surface area contributed by atoms with Crippen LogP contribution in [0.25, 0.3) is 0 Å². The highest BCUT2D eigenvalue weighted by Crippen LogP contribution is 2.21. The molecule has 1 aliphatic rings. The van der Waals surface area contributed by atoms with Gasteiger partial charge in [0.25, 0.3) is 5.91 Å². The van der Waals surface area contributed by atoms with Crippen molar-refractivity contribution >= 4 is 17.6 Å². The number of rotatable bonds is 9. The highest BCUT2D eigenvalue weighted by atomic mass is 16.5. The van der Waals surface area contributed by atoms with Gasteiger partial charge in [0.2, 0.25) is 0 Å². The van der Waals surface area contributed by atoms with E-state index in [0.717, 1.165) is 19.0 Å². The Labute approximate surface area is 174 Å². The van der Waals surface area contributed by atoms with Crippen LogP contribution in [0, 0.1) is 11.8 Å². The van der Waals surface area contributed by atoms with Gasteiger partial charge in [0.05, 0.1) is 0 Å². The van der Waals surface area contributed by atoms with E-state index in [0.29, 0.717) is 36.5 Å². The molecule has 1 atom stereocenters. The molecule has 0 radical (unpaired) electrons. The summed E-state index contributed by atoms with van der Waals surface area (Å²) in [7, 11) is 0. The molecule has 7 nitrogen and oxygen atoms in total. The highest BCUT2D eigenvalue weighted by Gasteiger charge is 2.25. The number of urea groups is 1. The third-order valence-corrected chi connectivity index (χ3v) is 5.38. The van der Waals surface area contributed by atoms with Gasteiger partial charge in [-0.05, 0) is 69.0 Å². The maximum atomic E-state index is 12.3. The first-order chi connectivity index (χ1) is 13.9. The largest absolute Gasteiger partial charge is 0.484 e. The minimum atomic E-state index is -0.211. The normalized spacial score (nSPS) is 16.3. The molecule has 29 heavy (non-hydrogen) atoms. The molecule has 7 heteroatoms. The number of likely N-dealkylation sites (tertiary alicyclic amines) is 1. The number of carbonyl (C=O) groups excluding carboxylic acids is 2. The van der Waals surface area contributed by atoms with Crippen LogP contribution >= 0.6 is 0 Å². The van der Waals surface area contributed by atoms with E-state index in [2.05, 4.69) is 41.6 Å². The van der Waals surface area contributed by atoms with E-state index in [9.17, 15) is 9.59 Å². The summed E-state index contributed by atoms with van der Waals surface area (Å²) in [6, 6.07) is 7.13. The summed E-state index contributed by atoms with van der Waals surface area (Å²) in [5, 5.41) is 8.55. The van der Waals surface area contributed by atoms with Gasteiger partial charge in [-0.15, -0.1) is 0 Å². The van der Waals surface area contributed by atoms with Crippen LogP contribution in [-0.4, -0.2) is 55.7 Å². The zero-order chi connectivity index (χ0) is 21.2. The lowest BCUT2D eigenvalue weighted by Crippen LogP contribution is -2.50. The predicted molar refractivity (Wildman–Crippen MR) is 116 cm³/mol. The number of nitrogens with one attached hydrogen (secondary N) is 3. The quantitative estimate of drug-likeness (QED) is 0.591. The van der Waals surface area contributed by atoms with E-state index in [1.54, 1.807) is 24.3 Å². The standard InChI is InChI=1S/C22H36N4O3/c1-5-23-21(27)15-29-19-8-6-18(7-9-19)25-22(28)24-14-20(16(2)3)26-12-10-17(4)11-13-26/h6-9,16-17,20H,5,10-15H2,1-4H3,(H,23,27)(H2,24,25,28). The molecular weight excluding hydrogens is 368 g/mol. The lowest BCUT2D eigenvalue weighted by molar-refractivity contribution is -0.122. The van der Waals surface area contributed by atoms with Crippen molar-refractivity contribution in [3.63, 3.8) is 0 Å². The summed E-state index contributed by atoms with van der Waals surface area (Å²) in [5.41, 5.74) is 0.681. The molecule has 1 aromatic rings. The fourth-order valence-electron chi connectivity index (χ4n) is 3.55. The van der Waals surface area contributed by atoms with Gasteiger partial charge in [-0.1, -0.05) is 20.8 Å². The van der Waals surface area contributed by atoms with Gasteiger partial charge in [-0.3, -0.25) is 9.69 Å². The molecule has 2 rings (SSSR count). The predicted octanol–water partition coefficient (Wildman–Crippen LogP) is 3.08. The van der Waals surface area contributed by atoms with E-state index in [1.807, 2.05) is 6.92 Å². The molecule has 1 heterocycles. The fraction of sp³-hybridized carbons (Fsp3) is 0.636. The number of amides is 3. The van der Waals surface area contributed by atoms with E-state index in [4.69, 9.17) is 4.74 Å². The molecule has 1 aliphatic heterocycles. The molecule has 0 saturated carbocycles. The van der Waals surface area contributed by atoms with Gasteiger partial charge in [0.15, 0.2) is 6.61 Å². The average molecular weight is 405 g/mol. The summed E-state index contributed by atoms with van der Waals surface area (Å²) in [4.78, 5) is 26.3. The Balaban J connectivity index is 1.78. The van der Waals surface area contributed by atoms with Gasteiger partial charge in [-0.25, -0.2) is 4.79 Å². The van der Waals surface area contributed by atoms with Crippen molar-refractivity contribution in [2.45, 2.75) is 46.6 Å². The van der Waals surface area contributed by atoms with Crippen molar-refractivity contribution in [3.8, 4) is 5.75 Å². The minimum absolute atomic E-state index is 0.0209. The molecular formula is C22H36N4O3. The number of likely N-dealkylation sites (N-methyl/N-ethyl adjacent to an activating group) is 1. The number of nitrogens with zero attached hydrogens (tertiary/aromatic N) is 1. The van der Waals surface area contributed by atoms with Gasteiger partial charge in [0, 0.05) is 24.8 Å². The molecule has 0 aliphatic carbocycles. The molecule has 1 fully saturated rings. The number of benzene rings is 1. The maximum Gasteiger partial charge on any atom is 0.319 e. The summed E-state index contributed by atoms with van der Waals surface area (Å²) < 4.78 is 5.41. The monoisotopic (exact) mass is 404 g/mol. The van der Waals surface area contributed by atoms with Crippen molar-refractivity contribution in [1.82, 2.24) is 15.5 Å². The van der Waals surface area contributed by atoms with E-state index < -0.39 is 0 Å². The molecule has 3 N–H and O–H groups in total. The van der Waals surface area contributed by atoms with Gasteiger partial charge in [-0.2, -0.15) is 0 Å². The molecule has 162 valence electrons. The molecule has 0 aromatic heterocycles. The third kappa shape index (κ3) is 7.93.